The quantitative estimate of drug-likeness (QED) is 0.768. The van der Waals surface area contributed by atoms with Crippen LogP contribution in [-0.4, -0.2) is 47.3 Å². The number of nitrogens with zero attached hydrogens (tertiary/aromatic N) is 2. The topological polar surface area (TPSA) is 65.5 Å². The Morgan fingerprint density at radius 3 is 3.00 bits per heavy atom. The fraction of sp³-hybridized carbons (Fsp3) is 0.636. The summed E-state index contributed by atoms with van der Waals surface area (Å²) in [6, 6.07) is -0.115. The second-order valence-electron chi connectivity index (χ2n) is 3.67. The van der Waals surface area contributed by atoms with E-state index in [1.165, 1.54) is 0 Å². The SMILES string of the molecule is CCCN(CCO)C(=O)NCCc1cscn1. The van der Waals surface area contributed by atoms with Gasteiger partial charge in [0.25, 0.3) is 0 Å². The van der Waals surface area contributed by atoms with Crippen LogP contribution in [0, 0.1) is 0 Å². The number of carbonyl (C=O) groups excluding carboxylic acids is 1. The van der Waals surface area contributed by atoms with Crippen molar-refractivity contribution in [2.75, 3.05) is 26.2 Å². The van der Waals surface area contributed by atoms with Crippen LogP contribution in [0.3, 0.4) is 0 Å². The molecule has 0 radical (unpaired) electrons. The molecule has 0 aliphatic rings. The molecule has 1 rings (SSSR count). The zero-order valence-electron chi connectivity index (χ0n) is 10.1. The third-order valence-electron chi connectivity index (χ3n) is 2.29. The first-order valence-electron chi connectivity index (χ1n) is 5.78. The van der Waals surface area contributed by atoms with Crippen molar-refractivity contribution in [1.29, 1.82) is 0 Å². The Morgan fingerprint density at radius 2 is 2.41 bits per heavy atom. The number of thiazole rings is 1. The second kappa shape index (κ2) is 8.03. The molecule has 1 heterocycles. The van der Waals surface area contributed by atoms with Crippen LogP contribution in [0.1, 0.15) is 19.0 Å². The minimum atomic E-state index is -0.115. The molecule has 0 bridgehead atoms. The van der Waals surface area contributed by atoms with Crippen molar-refractivity contribution in [2.24, 2.45) is 0 Å². The van der Waals surface area contributed by atoms with E-state index >= 15 is 0 Å². The van der Waals surface area contributed by atoms with Crippen LogP contribution in [0.15, 0.2) is 10.9 Å². The largest absolute Gasteiger partial charge is 0.395 e. The molecule has 0 saturated heterocycles. The maximum absolute atomic E-state index is 11.7. The number of hydrogen-bond acceptors (Lipinski definition) is 4. The Bertz CT molecular complexity index is 311. The normalized spacial score (nSPS) is 10.2. The molecule has 96 valence electrons. The van der Waals surface area contributed by atoms with Gasteiger partial charge in [-0.15, -0.1) is 11.3 Å². The average molecular weight is 257 g/mol. The minimum absolute atomic E-state index is 0.000490. The lowest BCUT2D eigenvalue weighted by atomic mass is 10.3. The molecule has 6 heteroatoms. The molecule has 17 heavy (non-hydrogen) atoms. The van der Waals surface area contributed by atoms with Crippen molar-refractivity contribution < 1.29 is 9.90 Å². The van der Waals surface area contributed by atoms with Gasteiger partial charge in [0.2, 0.25) is 0 Å². The first-order chi connectivity index (χ1) is 8.27. The number of rotatable bonds is 7. The van der Waals surface area contributed by atoms with Crippen molar-refractivity contribution in [3.8, 4) is 0 Å². The van der Waals surface area contributed by atoms with E-state index in [0.717, 1.165) is 18.5 Å². The van der Waals surface area contributed by atoms with Crippen LogP contribution in [0.4, 0.5) is 4.79 Å². The predicted octanol–water partition coefficient (Wildman–Crippen LogP) is 1.10. The number of urea groups is 1. The summed E-state index contributed by atoms with van der Waals surface area (Å²) >= 11 is 1.55. The van der Waals surface area contributed by atoms with Crippen LogP contribution < -0.4 is 5.32 Å². The Balaban J connectivity index is 2.26. The third-order valence-corrected chi connectivity index (χ3v) is 2.93. The fourth-order valence-corrected chi connectivity index (χ4v) is 2.07. The molecule has 1 aromatic heterocycles. The van der Waals surface area contributed by atoms with Crippen molar-refractivity contribution in [3.63, 3.8) is 0 Å². The lowest BCUT2D eigenvalue weighted by Gasteiger charge is -2.21. The van der Waals surface area contributed by atoms with Crippen LogP contribution in [0.2, 0.25) is 0 Å². The molecule has 0 spiro atoms. The van der Waals surface area contributed by atoms with Gasteiger partial charge in [0.15, 0.2) is 0 Å². The summed E-state index contributed by atoms with van der Waals surface area (Å²) in [6.45, 7) is 3.64. The molecule has 0 aromatic carbocycles. The molecule has 0 atom stereocenters. The number of amides is 2. The fourth-order valence-electron chi connectivity index (χ4n) is 1.48. The van der Waals surface area contributed by atoms with E-state index in [2.05, 4.69) is 10.3 Å². The first kappa shape index (κ1) is 13.9. The molecule has 0 aliphatic heterocycles. The van der Waals surface area contributed by atoms with Crippen molar-refractivity contribution in [1.82, 2.24) is 15.2 Å². The molecular formula is C11H19N3O2S. The Labute approximate surface area is 105 Å². The van der Waals surface area contributed by atoms with Crippen LogP contribution in [-0.2, 0) is 6.42 Å². The summed E-state index contributed by atoms with van der Waals surface area (Å²) in [6.07, 6.45) is 1.63. The van der Waals surface area contributed by atoms with Gasteiger partial charge in [-0.1, -0.05) is 6.92 Å². The monoisotopic (exact) mass is 257 g/mol. The van der Waals surface area contributed by atoms with Gasteiger partial charge in [-0.25, -0.2) is 9.78 Å². The highest BCUT2D eigenvalue weighted by molar-refractivity contribution is 7.07. The van der Waals surface area contributed by atoms with Gasteiger partial charge in [0.05, 0.1) is 17.8 Å². The number of aliphatic hydroxyl groups excluding tert-OH is 1. The number of aliphatic hydroxyl groups is 1. The lowest BCUT2D eigenvalue weighted by Crippen LogP contribution is -2.42. The molecule has 0 saturated carbocycles. The van der Waals surface area contributed by atoms with Gasteiger partial charge in [0.1, 0.15) is 0 Å². The van der Waals surface area contributed by atoms with Gasteiger partial charge in [-0.05, 0) is 6.42 Å². The zero-order chi connectivity index (χ0) is 12.5. The average Bonchev–Trinajstić information content (AvgIpc) is 2.81. The number of aromatic nitrogens is 1. The molecule has 2 N–H and O–H groups in total. The Hall–Kier alpha value is -1.14. The van der Waals surface area contributed by atoms with E-state index in [0.29, 0.717) is 19.6 Å². The molecule has 1 aromatic rings. The molecule has 0 aliphatic carbocycles. The summed E-state index contributed by atoms with van der Waals surface area (Å²) in [5.74, 6) is 0. The highest BCUT2D eigenvalue weighted by Gasteiger charge is 2.10. The highest BCUT2D eigenvalue weighted by atomic mass is 32.1. The summed E-state index contributed by atoms with van der Waals surface area (Å²) in [5.41, 5.74) is 2.78. The maximum atomic E-state index is 11.7. The van der Waals surface area contributed by atoms with E-state index in [1.807, 2.05) is 12.3 Å². The summed E-state index contributed by atoms with van der Waals surface area (Å²) in [7, 11) is 0. The van der Waals surface area contributed by atoms with Crippen molar-refractivity contribution in [2.45, 2.75) is 19.8 Å². The number of hydrogen-bond donors (Lipinski definition) is 2. The van der Waals surface area contributed by atoms with Gasteiger partial charge in [0, 0.05) is 31.4 Å². The molecular weight excluding hydrogens is 238 g/mol. The lowest BCUT2D eigenvalue weighted by molar-refractivity contribution is 0.177. The molecule has 2 amide bonds. The van der Waals surface area contributed by atoms with Crippen molar-refractivity contribution in [3.05, 3.63) is 16.6 Å². The van der Waals surface area contributed by atoms with Gasteiger partial charge in [-0.3, -0.25) is 0 Å². The highest BCUT2D eigenvalue weighted by Crippen LogP contribution is 2.00. The van der Waals surface area contributed by atoms with Gasteiger partial charge >= 0.3 is 6.03 Å². The van der Waals surface area contributed by atoms with E-state index in [1.54, 1.807) is 21.7 Å². The van der Waals surface area contributed by atoms with Crippen molar-refractivity contribution >= 4 is 17.4 Å². The minimum Gasteiger partial charge on any atom is -0.395 e. The zero-order valence-corrected chi connectivity index (χ0v) is 10.9. The molecule has 5 nitrogen and oxygen atoms in total. The second-order valence-corrected chi connectivity index (χ2v) is 4.39. The van der Waals surface area contributed by atoms with E-state index in [-0.39, 0.29) is 12.6 Å². The molecule has 0 fully saturated rings. The Kier molecular flexibility index (Phi) is 6.57. The predicted molar refractivity (Wildman–Crippen MR) is 68.2 cm³/mol. The van der Waals surface area contributed by atoms with E-state index < -0.39 is 0 Å². The van der Waals surface area contributed by atoms with Gasteiger partial charge < -0.3 is 15.3 Å². The smallest absolute Gasteiger partial charge is 0.317 e. The summed E-state index contributed by atoms with van der Waals surface area (Å²) < 4.78 is 0. The maximum Gasteiger partial charge on any atom is 0.317 e. The van der Waals surface area contributed by atoms with Crippen LogP contribution >= 0.6 is 11.3 Å². The van der Waals surface area contributed by atoms with E-state index in [9.17, 15) is 4.79 Å². The number of carbonyl (C=O) groups is 1. The van der Waals surface area contributed by atoms with Crippen LogP contribution in [0.25, 0.3) is 0 Å². The summed E-state index contributed by atoms with van der Waals surface area (Å²) in [5, 5.41) is 13.7. The Morgan fingerprint density at radius 1 is 1.59 bits per heavy atom. The van der Waals surface area contributed by atoms with E-state index in [4.69, 9.17) is 5.11 Å². The standard InChI is InChI=1S/C11H19N3O2S/c1-2-5-14(6-7-15)11(16)12-4-3-10-8-17-9-13-10/h8-9,15H,2-7H2,1H3,(H,12,16). The summed E-state index contributed by atoms with van der Waals surface area (Å²) in [4.78, 5) is 17.5. The molecule has 0 unspecified atom stereocenters. The van der Waals surface area contributed by atoms with Crippen LogP contribution in [0.5, 0.6) is 0 Å². The van der Waals surface area contributed by atoms with Gasteiger partial charge in [-0.2, -0.15) is 0 Å². The number of nitrogens with one attached hydrogen (secondary N) is 1. The first-order valence-corrected chi connectivity index (χ1v) is 6.73. The third kappa shape index (κ3) is 5.14.